The summed E-state index contributed by atoms with van der Waals surface area (Å²) < 4.78 is 0. The van der Waals surface area contributed by atoms with Crippen LogP contribution >= 0.6 is 11.6 Å². The van der Waals surface area contributed by atoms with E-state index in [0.29, 0.717) is 10.7 Å². The monoisotopic (exact) mass is 236 g/mol. The Morgan fingerprint density at radius 2 is 2.12 bits per heavy atom. The lowest BCUT2D eigenvalue weighted by atomic mass is 10.2. The first kappa shape index (κ1) is 10.8. The molecule has 2 amide bonds. The van der Waals surface area contributed by atoms with Crippen molar-refractivity contribution in [2.75, 3.05) is 0 Å². The molecule has 16 heavy (non-hydrogen) atoms. The standard InChI is InChI=1S/C11H9ClN2O2/c1-7-6-10(15)14(13-7)11(16)8-4-2-3-5-9(8)12/h2-5H,6H2,1H3. The average molecular weight is 237 g/mol. The van der Waals surface area contributed by atoms with Crippen molar-refractivity contribution in [2.45, 2.75) is 13.3 Å². The number of imide groups is 1. The van der Waals surface area contributed by atoms with E-state index in [2.05, 4.69) is 5.10 Å². The van der Waals surface area contributed by atoms with Crippen LogP contribution in [0.25, 0.3) is 0 Å². The number of hydrogen-bond acceptors (Lipinski definition) is 3. The fourth-order valence-corrected chi connectivity index (χ4v) is 1.68. The zero-order valence-corrected chi connectivity index (χ0v) is 9.36. The van der Waals surface area contributed by atoms with Crippen LogP contribution in [0.1, 0.15) is 23.7 Å². The first-order valence-corrected chi connectivity index (χ1v) is 5.13. The van der Waals surface area contributed by atoms with Crippen molar-refractivity contribution < 1.29 is 9.59 Å². The number of rotatable bonds is 1. The Kier molecular flexibility index (Phi) is 2.75. The Bertz CT molecular complexity index is 497. The summed E-state index contributed by atoms with van der Waals surface area (Å²) in [7, 11) is 0. The summed E-state index contributed by atoms with van der Waals surface area (Å²) in [4.78, 5) is 23.4. The molecule has 0 bridgehead atoms. The molecule has 0 saturated carbocycles. The van der Waals surface area contributed by atoms with Gasteiger partial charge in [0.15, 0.2) is 0 Å². The van der Waals surface area contributed by atoms with Crippen LogP contribution in [0.15, 0.2) is 29.4 Å². The number of nitrogens with zero attached hydrogens (tertiary/aromatic N) is 2. The van der Waals surface area contributed by atoms with Gasteiger partial charge in [-0.15, -0.1) is 0 Å². The molecule has 1 aliphatic heterocycles. The van der Waals surface area contributed by atoms with Gasteiger partial charge in [-0.1, -0.05) is 23.7 Å². The van der Waals surface area contributed by atoms with Gasteiger partial charge in [0.1, 0.15) is 0 Å². The fourth-order valence-electron chi connectivity index (χ4n) is 1.46. The Morgan fingerprint density at radius 3 is 2.69 bits per heavy atom. The van der Waals surface area contributed by atoms with E-state index in [0.717, 1.165) is 5.01 Å². The van der Waals surface area contributed by atoms with Gasteiger partial charge < -0.3 is 0 Å². The van der Waals surface area contributed by atoms with Crippen LogP contribution in [0.2, 0.25) is 5.02 Å². The van der Waals surface area contributed by atoms with E-state index < -0.39 is 5.91 Å². The van der Waals surface area contributed by atoms with Crippen molar-refractivity contribution in [2.24, 2.45) is 5.10 Å². The molecule has 0 fully saturated rings. The highest BCUT2D eigenvalue weighted by Crippen LogP contribution is 2.19. The van der Waals surface area contributed by atoms with Gasteiger partial charge in [-0.05, 0) is 19.1 Å². The number of halogens is 1. The van der Waals surface area contributed by atoms with Crippen molar-refractivity contribution in [1.29, 1.82) is 0 Å². The van der Waals surface area contributed by atoms with Crippen molar-refractivity contribution in [3.05, 3.63) is 34.9 Å². The lowest BCUT2D eigenvalue weighted by molar-refractivity contribution is -0.126. The van der Waals surface area contributed by atoms with Crippen molar-refractivity contribution in [1.82, 2.24) is 5.01 Å². The summed E-state index contributed by atoms with van der Waals surface area (Å²) >= 11 is 5.87. The van der Waals surface area contributed by atoms with Crippen molar-refractivity contribution in [3.8, 4) is 0 Å². The molecule has 0 atom stereocenters. The van der Waals surface area contributed by atoms with Gasteiger partial charge in [0.05, 0.1) is 17.0 Å². The quantitative estimate of drug-likeness (QED) is 0.701. The Hall–Kier alpha value is -1.68. The molecule has 4 nitrogen and oxygen atoms in total. The van der Waals surface area contributed by atoms with E-state index in [9.17, 15) is 9.59 Å². The molecule has 0 unspecified atom stereocenters. The highest BCUT2D eigenvalue weighted by molar-refractivity contribution is 6.34. The number of amides is 2. The highest BCUT2D eigenvalue weighted by atomic mass is 35.5. The van der Waals surface area contributed by atoms with Crippen LogP contribution in [0.4, 0.5) is 0 Å². The van der Waals surface area contributed by atoms with Gasteiger partial charge in [0.2, 0.25) is 0 Å². The SMILES string of the molecule is CC1=NN(C(=O)c2ccccc2Cl)C(=O)C1. The minimum Gasteiger partial charge on any atom is -0.272 e. The lowest BCUT2D eigenvalue weighted by Crippen LogP contribution is -2.28. The van der Waals surface area contributed by atoms with E-state index in [1.807, 2.05) is 0 Å². The molecule has 1 aromatic rings. The second-order valence-electron chi connectivity index (χ2n) is 3.50. The number of carbonyl (C=O) groups is 2. The summed E-state index contributed by atoms with van der Waals surface area (Å²) in [6.07, 6.45) is 0.191. The van der Waals surface area contributed by atoms with Crippen LogP contribution in [0.5, 0.6) is 0 Å². The van der Waals surface area contributed by atoms with Crippen LogP contribution in [0, 0.1) is 0 Å². The number of carbonyl (C=O) groups excluding carboxylic acids is 2. The molecule has 82 valence electrons. The minimum absolute atomic E-state index is 0.191. The van der Waals surface area contributed by atoms with Gasteiger partial charge >= 0.3 is 0 Å². The van der Waals surface area contributed by atoms with Crippen molar-refractivity contribution in [3.63, 3.8) is 0 Å². The normalized spacial score (nSPS) is 15.2. The van der Waals surface area contributed by atoms with E-state index in [1.165, 1.54) is 0 Å². The Balaban J connectivity index is 2.34. The maximum absolute atomic E-state index is 11.9. The van der Waals surface area contributed by atoms with Crippen LogP contribution < -0.4 is 0 Å². The minimum atomic E-state index is -0.479. The molecule has 5 heteroatoms. The van der Waals surface area contributed by atoms with E-state index in [1.54, 1.807) is 31.2 Å². The van der Waals surface area contributed by atoms with Gasteiger partial charge in [0, 0.05) is 5.71 Å². The van der Waals surface area contributed by atoms with Crippen LogP contribution in [-0.2, 0) is 4.79 Å². The third kappa shape index (κ3) is 1.84. The topological polar surface area (TPSA) is 49.7 Å². The third-order valence-electron chi connectivity index (χ3n) is 2.21. The zero-order valence-electron chi connectivity index (χ0n) is 8.61. The number of hydrogen-bond donors (Lipinski definition) is 0. The van der Waals surface area contributed by atoms with E-state index >= 15 is 0 Å². The first-order chi connectivity index (χ1) is 7.59. The Labute approximate surface area is 97.5 Å². The molecule has 1 aliphatic rings. The molecule has 0 saturated heterocycles. The summed E-state index contributed by atoms with van der Waals surface area (Å²) in [5.41, 5.74) is 0.918. The smallest absolute Gasteiger partial charge is 0.272 e. The highest BCUT2D eigenvalue weighted by Gasteiger charge is 2.29. The summed E-state index contributed by atoms with van der Waals surface area (Å²) in [6, 6.07) is 6.59. The molecule has 0 N–H and O–H groups in total. The average Bonchev–Trinajstić information content (AvgIpc) is 2.58. The zero-order chi connectivity index (χ0) is 11.7. The van der Waals surface area contributed by atoms with Crippen molar-refractivity contribution >= 4 is 29.1 Å². The second kappa shape index (κ2) is 4.06. The van der Waals surface area contributed by atoms with Crippen LogP contribution in [0.3, 0.4) is 0 Å². The maximum Gasteiger partial charge on any atom is 0.282 e. The molecule has 0 spiro atoms. The maximum atomic E-state index is 11.9. The summed E-state index contributed by atoms with van der Waals surface area (Å²) in [5.74, 6) is -0.796. The molecule has 1 aromatic carbocycles. The molecular weight excluding hydrogens is 228 g/mol. The number of benzene rings is 1. The van der Waals surface area contributed by atoms with Gasteiger partial charge in [-0.3, -0.25) is 9.59 Å². The molecule has 0 aromatic heterocycles. The molecule has 2 rings (SSSR count). The predicted molar refractivity (Wildman–Crippen MR) is 60.4 cm³/mol. The molecule has 0 radical (unpaired) electrons. The summed E-state index contributed by atoms with van der Waals surface area (Å²) in [5, 5.41) is 5.07. The van der Waals surface area contributed by atoms with E-state index in [4.69, 9.17) is 11.6 Å². The van der Waals surface area contributed by atoms with Gasteiger partial charge in [0.25, 0.3) is 11.8 Å². The largest absolute Gasteiger partial charge is 0.282 e. The van der Waals surface area contributed by atoms with Gasteiger partial charge in [-0.25, -0.2) is 0 Å². The first-order valence-electron chi connectivity index (χ1n) is 4.75. The van der Waals surface area contributed by atoms with Gasteiger partial charge in [-0.2, -0.15) is 10.1 Å². The second-order valence-corrected chi connectivity index (χ2v) is 3.91. The molecule has 1 heterocycles. The summed E-state index contributed by atoms with van der Waals surface area (Å²) in [6.45, 7) is 1.71. The lowest BCUT2D eigenvalue weighted by Gasteiger charge is -2.10. The molecular formula is C11H9ClN2O2. The fraction of sp³-hybridized carbons (Fsp3) is 0.182. The van der Waals surface area contributed by atoms with Crippen LogP contribution in [-0.4, -0.2) is 22.5 Å². The number of hydrazone groups is 1. The van der Waals surface area contributed by atoms with E-state index in [-0.39, 0.29) is 17.9 Å². The third-order valence-corrected chi connectivity index (χ3v) is 2.54. The predicted octanol–water partition coefficient (Wildman–Crippen LogP) is 2.09. The Morgan fingerprint density at radius 1 is 1.44 bits per heavy atom. The molecule has 0 aliphatic carbocycles.